The maximum absolute atomic E-state index is 9.91. The molecule has 0 radical (unpaired) electrons. The van der Waals surface area contributed by atoms with E-state index in [9.17, 15) is 10.2 Å². The van der Waals surface area contributed by atoms with Crippen molar-refractivity contribution in [1.82, 2.24) is 0 Å². The Kier molecular flexibility index (Phi) is 2.69. The van der Waals surface area contributed by atoms with Gasteiger partial charge in [0.25, 0.3) is 0 Å². The van der Waals surface area contributed by atoms with Gasteiger partial charge in [0, 0.05) is 23.9 Å². The highest BCUT2D eigenvalue weighted by atomic mass is 16.3. The zero-order valence-electron chi connectivity index (χ0n) is 9.36. The first-order valence-electron chi connectivity index (χ1n) is 5.02. The van der Waals surface area contributed by atoms with Crippen LogP contribution in [0.25, 0.3) is 0 Å². The molecule has 1 aliphatic carbocycles. The van der Waals surface area contributed by atoms with Crippen molar-refractivity contribution >= 4 is 0 Å². The van der Waals surface area contributed by atoms with Crippen LogP contribution in [0.2, 0.25) is 0 Å². The Morgan fingerprint density at radius 2 is 1.00 bits per heavy atom. The highest BCUT2D eigenvalue weighted by Crippen LogP contribution is 2.45. The lowest BCUT2D eigenvalue weighted by molar-refractivity contribution is -0.151. The fourth-order valence-corrected chi connectivity index (χ4v) is 2.63. The van der Waals surface area contributed by atoms with E-state index in [1.807, 2.05) is 0 Å². The summed E-state index contributed by atoms with van der Waals surface area (Å²) in [6.45, 7) is 6.84. The molecule has 0 aromatic carbocycles. The van der Waals surface area contributed by atoms with E-state index in [2.05, 4.69) is 0 Å². The molecule has 1 saturated carbocycles. The highest BCUT2D eigenvalue weighted by molar-refractivity contribution is 5.12. The summed E-state index contributed by atoms with van der Waals surface area (Å²) in [6, 6.07) is -0.460. The summed E-state index contributed by atoms with van der Waals surface area (Å²) in [7, 11) is 0. The van der Waals surface area contributed by atoms with Gasteiger partial charge in [-0.2, -0.15) is 0 Å². The molecule has 6 N–H and O–H groups in total. The third-order valence-corrected chi connectivity index (χ3v) is 3.29. The number of hydrogen-bond acceptors (Lipinski definition) is 4. The van der Waals surface area contributed by atoms with Crippen LogP contribution < -0.4 is 11.5 Å². The van der Waals surface area contributed by atoms with Gasteiger partial charge < -0.3 is 21.7 Å². The van der Waals surface area contributed by atoms with E-state index in [0.29, 0.717) is 0 Å². The number of aliphatic hydroxyl groups is 2. The second-order valence-electron chi connectivity index (χ2n) is 5.51. The van der Waals surface area contributed by atoms with Crippen LogP contribution in [0.5, 0.6) is 0 Å². The minimum absolute atomic E-state index is 0.141. The van der Waals surface area contributed by atoms with Crippen molar-refractivity contribution in [3.05, 3.63) is 0 Å². The lowest BCUT2D eigenvalue weighted by Gasteiger charge is -2.57. The minimum atomic E-state index is -0.889. The van der Waals surface area contributed by atoms with E-state index in [1.54, 1.807) is 27.7 Å². The van der Waals surface area contributed by atoms with Crippen LogP contribution in [-0.2, 0) is 0 Å². The zero-order valence-corrected chi connectivity index (χ0v) is 9.36. The van der Waals surface area contributed by atoms with Crippen LogP contribution in [0.3, 0.4) is 0 Å². The molecule has 1 rings (SSSR count). The molecule has 0 bridgehead atoms. The Morgan fingerprint density at radius 3 is 1.14 bits per heavy atom. The van der Waals surface area contributed by atoms with Gasteiger partial charge >= 0.3 is 0 Å². The molecule has 0 saturated heterocycles. The van der Waals surface area contributed by atoms with Gasteiger partial charge in [-0.25, -0.2) is 0 Å². The van der Waals surface area contributed by atoms with Crippen LogP contribution in [0.15, 0.2) is 0 Å². The predicted molar refractivity (Wildman–Crippen MR) is 55.5 cm³/mol. The molecule has 4 unspecified atom stereocenters. The average molecular weight is 202 g/mol. The van der Waals surface area contributed by atoms with E-state index in [1.165, 1.54) is 0 Å². The third kappa shape index (κ3) is 1.80. The van der Waals surface area contributed by atoms with Crippen LogP contribution in [0.4, 0.5) is 0 Å². The van der Waals surface area contributed by atoms with Crippen LogP contribution in [0, 0.1) is 11.8 Å². The molecule has 0 aromatic heterocycles. The van der Waals surface area contributed by atoms with Crippen molar-refractivity contribution < 1.29 is 10.2 Å². The first-order chi connectivity index (χ1) is 6.07. The Hall–Kier alpha value is -0.160. The van der Waals surface area contributed by atoms with Crippen molar-refractivity contribution in [2.75, 3.05) is 0 Å². The van der Waals surface area contributed by atoms with E-state index >= 15 is 0 Å². The molecule has 84 valence electrons. The molecule has 4 heteroatoms. The third-order valence-electron chi connectivity index (χ3n) is 3.29. The van der Waals surface area contributed by atoms with E-state index in [-0.39, 0.29) is 23.9 Å². The molecule has 0 heterocycles. The van der Waals surface area contributed by atoms with Gasteiger partial charge in [-0.1, -0.05) is 0 Å². The second kappa shape index (κ2) is 3.17. The summed E-state index contributed by atoms with van der Waals surface area (Å²) in [5.74, 6) is -0.282. The van der Waals surface area contributed by atoms with Gasteiger partial charge in [0.15, 0.2) is 0 Å². The highest BCUT2D eigenvalue weighted by Gasteiger charge is 2.57. The quantitative estimate of drug-likeness (QED) is 0.482. The molecular formula is C10H22N2O2. The number of rotatable bonds is 2. The van der Waals surface area contributed by atoms with Crippen LogP contribution in [0.1, 0.15) is 27.7 Å². The normalized spacial score (nSPS) is 39.4. The fraction of sp³-hybridized carbons (Fsp3) is 1.00. The van der Waals surface area contributed by atoms with Crippen molar-refractivity contribution in [3.8, 4) is 0 Å². The molecule has 4 atom stereocenters. The van der Waals surface area contributed by atoms with Crippen LogP contribution in [-0.4, -0.2) is 33.5 Å². The standard InChI is InChI=1S/C10H22N2O2/c1-9(2,13)5-6(10(3,4)14)8(12)7(5)11/h5-8,13-14H,11-12H2,1-4H3. The van der Waals surface area contributed by atoms with Crippen molar-refractivity contribution in [2.45, 2.75) is 51.0 Å². The molecule has 0 aliphatic heterocycles. The molecule has 14 heavy (non-hydrogen) atoms. The molecular weight excluding hydrogens is 180 g/mol. The van der Waals surface area contributed by atoms with Crippen molar-refractivity contribution in [1.29, 1.82) is 0 Å². The lowest BCUT2D eigenvalue weighted by atomic mass is 9.54. The van der Waals surface area contributed by atoms with Gasteiger partial charge in [-0.05, 0) is 27.7 Å². The topological polar surface area (TPSA) is 92.5 Å². The summed E-state index contributed by atoms with van der Waals surface area (Å²) in [4.78, 5) is 0. The largest absolute Gasteiger partial charge is 0.390 e. The first-order valence-corrected chi connectivity index (χ1v) is 5.02. The first kappa shape index (κ1) is 11.9. The summed E-state index contributed by atoms with van der Waals surface area (Å²) < 4.78 is 0. The van der Waals surface area contributed by atoms with Crippen molar-refractivity contribution in [2.24, 2.45) is 23.3 Å². The fourth-order valence-electron chi connectivity index (χ4n) is 2.63. The Bertz CT molecular complexity index is 193. The van der Waals surface area contributed by atoms with Crippen molar-refractivity contribution in [3.63, 3.8) is 0 Å². The molecule has 0 spiro atoms. The van der Waals surface area contributed by atoms with Gasteiger partial charge in [-0.15, -0.1) is 0 Å². The average Bonchev–Trinajstić information content (AvgIpc) is 1.93. The van der Waals surface area contributed by atoms with Crippen LogP contribution >= 0.6 is 0 Å². The summed E-state index contributed by atoms with van der Waals surface area (Å²) in [5, 5.41) is 19.8. The Morgan fingerprint density at radius 1 is 0.786 bits per heavy atom. The number of hydrogen-bond donors (Lipinski definition) is 4. The SMILES string of the molecule is CC(C)(O)C1C(N)C(N)C1C(C)(C)O. The smallest absolute Gasteiger partial charge is 0.0639 e. The molecule has 1 fully saturated rings. The monoisotopic (exact) mass is 202 g/mol. The molecule has 0 amide bonds. The van der Waals surface area contributed by atoms with E-state index in [4.69, 9.17) is 11.5 Å². The number of nitrogens with two attached hydrogens (primary N) is 2. The zero-order chi connectivity index (χ0) is 11.3. The van der Waals surface area contributed by atoms with E-state index in [0.717, 1.165) is 0 Å². The maximum atomic E-state index is 9.91. The minimum Gasteiger partial charge on any atom is -0.390 e. The Balaban J connectivity index is 2.86. The summed E-state index contributed by atoms with van der Waals surface area (Å²) in [5.41, 5.74) is 9.91. The van der Waals surface area contributed by atoms with Gasteiger partial charge in [-0.3, -0.25) is 0 Å². The van der Waals surface area contributed by atoms with Gasteiger partial charge in [0.1, 0.15) is 0 Å². The predicted octanol–water partition coefficient (Wildman–Crippen LogP) is -0.571. The van der Waals surface area contributed by atoms with Gasteiger partial charge in [0.2, 0.25) is 0 Å². The lowest BCUT2D eigenvalue weighted by Crippen LogP contribution is -2.74. The van der Waals surface area contributed by atoms with Gasteiger partial charge in [0.05, 0.1) is 11.2 Å². The summed E-state index contributed by atoms with van der Waals surface area (Å²) >= 11 is 0. The molecule has 1 aliphatic rings. The molecule has 4 nitrogen and oxygen atoms in total. The summed E-state index contributed by atoms with van der Waals surface area (Å²) in [6.07, 6.45) is 0. The Labute approximate surface area is 85.3 Å². The van der Waals surface area contributed by atoms with E-state index < -0.39 is 11.2 Å². The maximum Gasteiger partial charge on any atom is 0.0639 e. The molecule has 0 aromatic rings. The second-order valence-corrected chi connectivity index (χ2v) is 5.51.